The quantitative estimate of drug-likeness (QED) is 0.723. The number of hydrogen-bond acceptors (Lipinski definition) is 2. The van der Waals surface area contributed by atoms with Crippen LogP contribution >= 0.6 is 11.6 Å². The molecule has 20 heavy (non-hydrogen) atoms. The number of phenols is 1. The highest BCUT2D eigenvalue weighted by atomic mass is 35.5. The van der Waals surface area contributed by atoms with Crippen molar-refractivity contribution in [1.82, 2.24) is 0 Å². The fourth-order valence-corrected chi connectivity index (χ4v) is 2.39. The molecule has 2 nitrogen and oxygen atoms in total. The molecule has 0 saturated carbocycles. The predicted molar refractivity (Wildman–Crippen MR) is 84.4 cm³/mol. The molecule has 3 aromatic rings. The Morgan fingerprint density at radius 3 is 2.45 bits per heavy atom. The predicted octanol–water partition coefficient (Wildman–Crippen LogP) is 4.81. The summed E-state index contributed by atoms with van der Waals surface area (Å²) in [5, 5.41) is 16.3. The van der Waals surface area contributed by atoms with Crippen LogP contribution in [0.25, 0.3) is 10.8 Å². The van der Waals surface area contributed by atoms with Gasteiger partial charge in [-0.2, -0.15) is 0 Å². The number of hydrogen-bond donors (Lipinski definition) is 2. The zero-order valence-electron chi connectivity index (χ0n) is 10.8. The molecule has 0 bridgehead atoms. The molecule has 0 radical (unpaired) electrons. The molecule has 3 aromatic carbocycles. The first-order chi connectivity index (χ1) is 9.74. The van der Waals surface area contributed by atoms with Crippen molar-refractivity contribution in [2.75, 3.05) is 5.32 Å². The molecule has 0 saturated heterocycles. The van der Waals surface area contributed by atoms with Gasteiger partial charge in [0.1, 0.15) is 5.75 Å². The highest BCUT2D eigenvalue weighted by Gasteiger charge is 2.06. The molecule has 0 aliphatic carbocycles. The topological polar surface area (TPSA) is 32.3 Å². The van der Waals surface area contributed by atoms with Gasteiger partial charge in [0.2, 0.25) is 0 Å². The van der Waals surface area contributed by atoms with Gasteiger partial charge in [-0.05, 0) is 41.1 Å². The molecule has 0 heterocycles. The fraction of sp³-hybridized carbons (Fsp3) is 0.0588. The number of aromatic hydroxyl groups is 1. The number of anilines is 1. The van der Waals surface area contributed by atoms with Crippen LogP contribution in [0.15, 0.2) is 60.7 Å². The lowest BCUT2D eigenvalue weighted by Crippen LogP contribution is -2.00. The molecule has 2 N–H and O–H groups in total. The van der Waals surface area contributed by atoms with Crippen LogP contribution in [0.5, 0.6) is 5.75 Å². The van der Waals surface area contributed by atoms with Gasteiger partial charge in [0.25, 0.3) is 0 Å². The molecule has 0 atom stereocenters. The molecule has 0 aromatic heterocycles. The maximum atomic E-state index is 10.1. The molecule has 0 fully saturated rings. The van der Waals surface area contributed by atoms with Crippen LogP contribution in [0.1, 0.15) is 5.56 Å². The van der Waals surface area contributed by atoms with Crippen molar-refractivity contribution < 1.29 is 5.11 Å². The highest BCUT2D eigenvalue weighted by Crippen LogP contribution is 2.28. The number of fused-ring (bicyclic) bond motifs is 1. The van der Waals surface area contributed by atoms with Crippen LogP contribution in [0.4, 0.5) is 5.69 Å². The Labute approximate surface area is 122 Å². The number of nitrogens with one attached hydrogen (secondary N) is 1. The third-order valence-electron chi connectivity index (χ3n) is 3.33. The van der Waals surface area contributed by atoms with Crippen molar-refractivity contribution in [3.8, 4) is 5.75 Å². The lowest BCUT2D eigenvalue weighted by molar-refractivity contribution is 0.470. The summed E-state index contributed by atoms with van der Waals surface area (Å²) in [6.07, 6.45) is 0. The fourth-order valence-electron chi connectivity index (χ4n) is 2.27. The second-order valence-electron chi connectivity index (χ2n) is 4.64. The van der Waals surface area contributed by atoms with Crippen LogP contribution in [0, 0.1) is 0 Å². The summed E-state index contributed by atoms with van der Waals surface area (Å²) in [7, 11) is 0. The van der Waals surface area contributed by atoms with Gasteiger partial charge in [-0.25, -0.2) is 0 Å². The SMILES string of the molecule is Oc1ccc2ccccc2c1CNc1ccc(Cl)cc1. The van der Waals surface area contributed by atoms with E-state index >= 15 is 0 Å². The third kappa shape index (κ3) is 2.56. The Bertz CT molecular complexity index is 738. The van der Waals surface area contributed by atoms with Gasteiger partial charge < -0.3 is 10.4 Å². The lowest BCUT2D eigenvalue weighted by atomic mass is 10.0. The summed E-state index contributed by atoms with van der Waals surface area (Å²) in [4.78, 5) is 0. The van der Waals surface area contributed by atoms with E-state index in [1.54, 1.807) is 6.07 Å². The van der Waals surface area contributed by atoms with Crippen molar-refractivity contribution in [1.29, 1.82) is 0 Å². The molecule has 3 rings (SSSR count). The van der Waals surface area contributed by atoms with Gasteiger partial charge in [0.05, 0.1) is 0 Å². The molecule has 0 unspecified atom stereocenters. The van der Waals surface area contributed by atoms with E-state index < -0.39 is 0 Å². The molecule has 100 valence electrons. The normalized spacial score (nSPS) is 10.7. The first kappa shape index (κ1) is 12.8. The van der Waals surface area contributed by atoms with Crippen LogP contribution in [0.3, 0.4) is 0 Å². The number of rotatable bonds is 3. The van der Waals surface area contributed by atoms with Crippen molar-refractivity contribution in [3.05, 3.63) is 71.2 Å². The molecule has 0 spiro atoms. The maximum Gasteiger partial charge on any atom is 0.121 e. The molecular weight excluding hydrogens is 270 g/mol. The maximum absolute atomic E-state index is 10.1. The van der Waals surface area contributed by atoms with Crippen molar-refractivity contribution in [2.45, 2.75) is 6.54 Å². The van der Waals surface area contributed by atoms with E-state index in [1.807, 2.05) is 54.6 Å². The van der Waals surface area contributed by atoms with E-state index in [1.165, 1.54) is 0 Å². The van der Waals surface area contributed by atoms with E-state index in [-0.39, 0.29) is 0 Å². The second-order valence-corrected chi connectivity index (χ2v) is 5.08. The van der Waals surface area contributed by atoms with Crippen molar-refractivity contribution in [3.63, 3.8) is 0 Å². The minimum atomic E-state index is 0.310. The molecule has 0 aliphatic heterocycles. The van der Waals surface area contributed by atoms with Crippen molar-refractivity contribution >= 4 is 28.1 Å². The van der Waals surface area contributed by atoms with E-state index in [2.05, 4.69) is 5.32 Å². The van der Waals surface area contributed by atoms with Crippen LogP contribution in [0.2, 0.25) is 5.02 Å². The molecule has 0 amide bonds. The van der Waals surface area contributed by atoms with Gasteiger partial charge in [-0.1, -0.05) is 41.9 Å². The minimum absolute atomic E-state index is 0.310. The molecule has 3 heteroatoms. The van der Waals surface area contributed by atoms with Crippen LogP contribution in [-0.2, 0) is 6.54 Å². The standard InChI is InChI=1S/C17H14ClNO/c18-13-6-8-14(9-7-13)19-11-16-15-4-2-1-3-12(15)5-10-17(16)20/h1-10,19-20H,11H2. The largest absolute Gasteiger partial charge is 0.508 e. The Balaban J connectivity index is 1.90. The first-order valence-corrected chi connectivity index (χ1v) is 6.81. The summed E-state index contributed by atoms with van der Waals surface area (Å²) in [6.45, 7) is 0.564. The Morgan fingerprint density at radius 1 is 0.900 bits per heavy atom. The van der Waals surface area contributed by atoms with E-state index in [4.69, 9.17) is 11.6 Å². The van der Waals surface area contributed by atoms with Gasteiger partial charge in [-0.3, -0.25) is 0 Å². The van der Waals surface area contributed by atoms with Crippen LogP contribution < -0.4 is 5.32 Å². The van der Waals surface area contributed by atoms with E-state index in [0.29, 0.717) is 17.3 Å². The Morgan fingerprint density at radius 2 is 1.65 bits per heavy atom. The number of phenolic OH excluding ortho intramolecular Hbond substituents is 1. The third-order valence-corrected chi connectivity index (χ3v) is 3.58. The Hall–Kier alpha value is -2.19. The average Bonchev–Trinajstić information content (AvgIpc) is 2.48. The summed E-state index contributed by atoms with van der Waals surface area (Å²) in [6, 6.07) is 19.2. The smallest absolute Gasteiger partial charge is 0.121 e. The van der Waals surface area contributed by atoms with Gasteiger partial charge >= 0.3 is 0 Å². The summed E-state index contributed by atoms with van der Waals surface area (Å²) >= 11 is 5.86. The number of benzene rings is 3. The van der Waals surface area contributed by atoms with Crippen molar-refractivity contribution in [2.24, 2.45) is 0 Å². The average molecular weight is 284 g/mol. The minimum Gasteiger partial charge on any atom is -0.508 e. The van der Waals surface area contributed by atoms with Gasteiger partial charge in [0.15, 0.2) is 0 Å². The second kappa shape index (κ2) is 5.43. The summed E-state index contributed by atoms with van der Waals surface area (Å²) < 4.78 is 0. The first-order valence-electron chi connectivity index (χ1n) is 6.43. The van der Waals surface area contributed by atoms with Crippen LogP contribution in [-0.4, -0.2) is 5.11 Å². The monoisotopic (exact) mass is 283 g/mol. The van der Waals surface area contributed by atoms with E-state index in [9.17, 15) is 5.11 Å². The highest BCUT2D eigenvalue weighted by molar-refractivity contribution is 6.30. The molecular formula is C17H14ClNO. The van der Waals surface area contributed by atoms with E-state index in [0.717, 1.165) is 22.0 Å². The molecule has 0 aliphatic rings. The lowest BCUT2D eigenvalue weighted by Gasteiger charge is -2.11. The summed E-state index contributed by atoms with van der Waals surface area (Å²) in [5.74, 6) is 0.310. The summed E-state index contributed by atoms with van der Waals surface area (Å²) in [5.41, 5.74) is 1.87. The Kier molecular flexibility index (Phi) is 3.48. The number of halogens is 1. The zero-order chi connectivity index (χ0) is 13.9. The van der Waals surface area contributed by atoms with Gasteiger partial charge in [-0.15, -0.1) is 0 Å². The van der Waals surface area contributed by atoms with Gasteiger partial charge in [0, 0.05) is 22.8 Å². The zero-order valence-corrected chi connectivity index (χ0v) is 11.6.